The Balaban J connectivity index is 1.16. The predicted molar refractivity (Wildman–Crippen MR) is 253 cm³/mol. The first-order valence-electron chi connectivity index (χ1n) is 23.4. The lowest BCUT2D eigenvalue weighted by Gasteiger charge is -2.40. The Morgan fingerprint density at radius 2 is 1.87 bits per heavy atom. The molecule has 7 heterocycles. The third-order valence-corrected chi connectivity index (χ3v) is 15.1. The highest BCUT2D eigenvalue weighted by atomic mass is 32.1. The van der Waals surface area contributed by atoms with Gasteiger partial charge in [0.1, 0.15) is 12.1 Å². The molecule has 17 nitrogen and oxygen atoms in total. The second-order valence-electron chi connectivity index (χ2n) is 20.0. The van der Waals surface area contributed by atoms with Crippen LogP contribution >= 0.6 is 11.3 Å². The number of rotatable bonds is 8. The van der Waals surface area contributed by atoms with E-state index in [2.05, 4.69) is 40.4 Å². The van der Waals surface area contributed by atoms with Crippen molar-refractivity contribution in [2.24, 2.45) is 16.7 Å². The van der Waals surface area contributed by atoms with E-state index < -0.39 is 46.4 Å². The van der Waals surface area contributed by atoms with Crippen molar-refractivity contribution in [1.29, 1.82) is 0 Å². The van der Waals surface area contributed by atoms with E-state index in [9.17, 15) is 29.1 Å². The molecule has 4 aliphatic rings. The van der Waals surface area contributed by atoms with Gasteiger partial charge in [-0.2, -0.15) is 5.43 Å². The van der Waals surface area contributed by atoms with Crippen molar-refractivity contribution < 1.29 is 38.6 Å². The highest BCUT2D eigenvalue weighted by Gasteiger charge is 2.52. The number of aliphatic hydroxyl groups is 1. The van der Waals surface area contributed by atoms with E-state index in [-0.39, 0.29) is 62.9 Å². The normalized spacial score (nSPS) is 24.3. The van der Waals surface area contributed by atoms with Gasteiger partial charge < -0.3 is 39.2 Å². The van der Waals surface area contributed by atoms with E-state index in [1.807, 2.05) is 52.1 Å². The number of benzene rings is 1. The minimum Gasteiger partial charge on any atom is -0.462 e. The van der Waals surface area contributed by atoms with Gasteiger partial charge >= 0.3 is 12.0 Å². The van der Waals surface area contributed by atoms with Gasteiger partial charge in [0.05, 0.1) is 40.2 Å². The zero-order chi connectivity index (χ0) is 48.2. The lowest BCUT2D eigenvalue weighted by molar-refractivity contribution is -0.189. The molecule has 3 fully saturated rings. The number of ether oxygens (including phenoxy) is 2. The van der Waals surface area contributed by atoms with Crippen molar-refractivity contribution in [2.45, 2.75) is 111 Å². The second kappa shape index (κ2) is 18.6. The monoisotopic (exact) mass is 939 g/mol. The SMILES string of the molecule is CCn1c(-c2cccnc2[C@H](C)OC)c2c3cc(ccc31)-c1csc(n1)C[C@H](NC(=O)[C@H](C(C)C)N(C)C(=O)N1CC[C@@]3(CCN(C)C3=O)C1)C(=O)N1CCC[C@@](O)(N1)C(=O)OCC(C)(C)C2. The molecule has 4 aromatic rings. The minimum absolute atomic E-state index is 0.0106. The fourth-order valence-electron chi connectivity index (χ4n) is 10.5. The molecule has 1 spiro atoms. The summed E-state index contributed by atoms with van der Waals surface area (Å²) in [6.45, 7) is 13.9. The molecule has 0 aliphatic carbocycles. The molecule has 3 N–H and O–H groups in total. The van der Waals surface area contributed by atoms with Gasteiger partial charge in [0.15, 0.2) is 0 Å². The van der Waals surface area contributed by atoms with Gasteiger partial charge in [0, 0.05) is 106 Å². The number of thiazole rings is 1. The van der Waals surface area contributed by atoms with Crippen LogP contribution in [0.15, 0.2) is 41.9 Å². The predicted octanol–water partition coefficient (Wildman–Crippen LogP) is 5.15. The average molecular weight is 940 g/mol. The van der Waals surface area contributed by atoms with Crippen molar-refractivity contribution in [2.75, 3.05) is 54.0 Å². The number of aryl methyl sites for hydroxylation is 1. The van der Waals surface area contributed by atoms with E-state index in [1.165, 1.54) is 21.2 Å². The number of likely N-dealkylation sites (N-methyl/N-ethyl adjacent to an activating group) is 1. The van der Waals surface area contributed by atoms with E-state index in [1.54, 1.807) is 37.2 Å². The van der Waals surface area contributed by atoms with Crippen molar-refractivity contribution in [1.82, 2.24) is 45.0 Å². The summed E-state index contributed by atoms with van der Waals surface area (Å²) in [5.74, 6) is -2.37. The molecule has 5 atom stereocenters. The number of aromatic nitrogens is 3. The van der Waals surface area contributed by atoms with Crippen LogP contribution in [0.4, 0.5) is 4.79 Å². The number of hydrazine groups is 1. The number of nitrogens with one attached hydrogen (secondary N) is 2. The molecule has 4 aliphatic heterocycles. The first kappa shape index (κ1) is 48.0. The van der Waals surface area contributed by atoms with Gasteiger partial charge in [-0.25, -0.2) is 14.6 Å². The van der Waals surface area contributed by atoms with Crippen molar-refractivity contribution in [3.8, 4) is 22.5 Å². The molecule has 0 saturated carbocycles. The highest BCUT2D eigenvalue weighted by molar-refractivity contribution is 7.10. The number of likely N-dealkylation sites (tertiary alicyclic amines) is 2. The molecule has 360 valence electrons. The quantitative estimate of drug-likeness (QED) is 0.198. The van der Waals surface area contributed by atoms with E-state index in [4.69, 9.17) is 19.4 Å². The van der Waals surface area contributed by atoms with Gasteiger partial charge in [-0.1, -0.05) is 33.8 Å². The van der Waals surface area contributed by atoms with E-state index >= 15 is 0 Å². The lowest BCUT2D eigenvalue weighted by Crippen LogP contribution is -2.67. The second-order valence-corrected chi connectivity index (χ2v) is 20.9. The number of cyclic esters (lactones) is 1. The Labute approximate surface area is 396 Å². The van der Waals surface area contributed by atoms with Gasteiger partial charge in [-0.05, 0) is 75.3 Å². The molecule has 1 aromatic carbocycles. The summed E-state index contributed by atoms with van der Waals surface area (Å²) in [5.41, 5.74) is 5.63. The summed E-state index contributed by atoms with van der Waals surface area (Å²) in [6, 6.07) is 7.70. The summed E-state index contributed by atoms with van der Waals surface area (Å²) in [5, 5.41) is 19.5. The fraction of sp³-hybridized carbons (Fsp3) is 0.571. The molecule has 6 bridgehead atoms. The summed E-state index contributed by atoms with van der Waals surface area (Å²) < 4.78 is 14.0. The number of urea groups is 1. The van der Waals surface area contributed by atoms with Gasteiger partial charge in [0.25, 0.3) is 5.91 Å². The van der Waals surface area contributed by atoms with Crippen molar-refractivity contribution >= 4 is 52.0 Å². The van der Waals surface area contributed by atoms with Crippen LogP contribution in [0.3, 0.4) is 0 Å². The summed E-state index contributed by atoms with van der Waals surface area (Å²) >= 11 is 1.36. The molecular formula is C49H65N9O8S. The Kier molecular flexibility index (Phi) is 13.3. The molecule has 18 heteroatoms. The number of hydrogen-bond acceptors (Lipinski definition) is 12. The topological polar surface area (TPSA) is 192 Å². The molecule has 3 aromatic heterocycles. The Bertz CT molecular complexity index is 2570. The van der Waals surface area contributed by atoms with E-state index in [0.717, 1.165) is 39.0 Å². The van der Waals surface area contributed by atoms with Crippen LogP contribution in [0, 0.1) is 16.7 Å². The Hall–Kier alpha value is -5.43. The third kappa shape index (κ3) is 9.04. The van der Waals surface area contributed by atoms with Crippen LogP contribution in [0.5, 0.6) is 0 Å². The van der Waals surface area contributed by atoms with Crippen molar-refractivity contribution in [3.63, 3.8) is 0 Å². The molecule has 3 saturated heterocycles. The number of nitrogens with zero attached hydrogens (tertiary/aromatic N) is 7. The van der Waals surface area contributed by atoms with Gasteiger partial charge in [0.2, 0.25) is 17.5 Å². The Morgan fingerprint density at radius 1 is 1.10 bits per heavy atom. The number of esters is 1. The number of methoxy groups -OCH3 is 1. The number of pyridine rings is 1. The van der Waals surface area contributed by atoms with Crippen LogP contribution in [-0.2, 0) is 48.0 Å². The number of fused-ring (bicyclic) bond motifs is 6. The van der Waals surface area contributed by atoms with Crippen LogP contribution in [0.2, 0.25) is 0 Å². The maximum Gasteiger partial charge on any atom is 0.355 e. The highest BCUT2D eigenvalue weighted by Crippen LogP contribution is 2.43. The maximum absolute atomic E-state index is 14.7. The van der Waals surface area contributed by atoms with E-state index in [0.29, 0.717) is 49.6 Å². The Morgan fingerprint density at radius 3 is 2.57 bits per heavy atom. The fourth-order valence-corrected chi connectivity index (χ4v) is 11.4. The number of amides is 5. The lowest BCUT2D eigenvalue weighted by atomic mass is 9.84. The minimum atomic E-state index is -2.23. The first-order valence-corrected chi connectivity index (χ1v) is 24.3. The molecule has 0 unspecified atom stereocenters. The van der Waals surface area contributed by atoms with Crippen molar-refractivity contribution in [3.05, 3.63) is 58.2 Å². The first-order chi connectivity index (χ1) is 31.8. The van der Waals surface area contributed by atoms with Gasteiger partial charge in [-0.3, -0.25) is 24.4 Å². The maximum atomic E-state index is 14.7. The van der Waals surface area contributed by atoms with Crippen LogP contribution < -0.4 is 10.7 Å². The number of carbonyl (C=O) groups is 5. The van der Waals surface area contributed by atoms with Crippen LogP contribution in [0.25, 0.3) is 33.4 Å². The summed E-state index contributed by atoms with van der Waals surface area (Å²) in [4.78, 5) is 85.0. The van der Waals surface area contributed by atoms with Crippen LogP contribution in [0.1, 0.15) is 89.6 Å². The third-order valence-electron chi connectivity index (χ3n) is 14.2. The molecule has 0 radical (unpaired) electrons. The van der Waals surface area contributed by atoms with Gasteiger partial charge in [-0.15, -0.1) is 11.3 Å². The number of carbonyl (C=O) groups excluding carboxylic acids is 5. The number of hydrogen-bond donors (Lipinski definition) is 3. The largest absolute Gasteiger partial charge is 0.462 e. The molecular weight excluding hydrogens is 875 g/mol. The standard InChI is InChI=1S/C49H65N9O8S/c1-10-57-37-15-14-31-23-33(37)34(41(57)32-13-11-19-50-39(32)30(4)65-9)25-47(5,6)28-66-45(62)49(64)16-12-20-58(53-49)43(60)35(24-38-51-36(31)26-67-38)52-42(59)40(29(2)3)55(8)46(63)56-22-18-48(27-56)17-21-54(7)44(48)61/h11,13-15,19,23,26,29-30,35,40,53,64H,10,12,16-18,20-22,24-25,27-28H2,1-9H3,(H,52,59)/t30-,35-,40-,48-,49-/m0/s1. The average Bonchev–Trinajstić information content (AvgIpc) is 4.09. The smallest absolute Gasteiger partial charge is 0.355 e. The summed E-state index contributed by atoms with van der Waals surface area (Å²) in [7, 11) is 5.02. The van der Waals surface area contributed by atoms with Crippen LogP contribution in [-0.4, -0.2) is 141 Å². The molecule has 8 rings (SSSR count). The summed E-state index contributed by atoms with van der Waals surface area (Å²) in [6.07, 6.45) is 3.45. The molecule has 67 heavy (non-hydrogen) atoms. The zero-order valence-corrected chi connectivity index (χ0v) is 41.0. The zero-order valence-electron chi connectivity index (χ0n) is 40.2. The molecule has 5 amide bonds.